The standard InChI is InChI=1S/C18H20N2O4S/c1-4-7-14(3)15-12-13(2)10-11-16(15)19-25(23,24)18-9-6-5-8-17(18)20(21)22/h4-12,14,19H,1-3H3/b7-4+. The molecule has 0 saturated carbocycles. The average molecular weight is 360 g/mol. The molecule has 0 radical (unpaired) electrons. The number of nitro groups is 1. The Hall–Kier alpha value is -2.67. The van der Waals surface area contributed by atoms with Gasteiger partial charge in [-0.05, 0) is 31.5 Å². The van der Waals surface area contributed by atoms with Crippen molar-refractivity contribution in [1.29, 1.82) is 0 Å². The Balaban J connectivity index is 2.51. The Kier molecular flexibility index (Phi) is 5.58. The van der Waals surface area contributed by atoms with Crippen molar-refractivity contribution < 1.29 is 13.3 Å². The lowest BCUT2D eigenvalue weighted by Crippen LogP contribution is -2.16. The second-order valence-corrected chi connectivity index (χ2v) is 7.39. The van der Waals surface area contributed by atoms with Gasteiger partial charge in [0.15, 0.2) is 4.90 Å². The summed E-state index contributed by atoms with van der Waals surface area (Å²) < 4.78 is 27.9. The number of allylic oxidation sites excluding steroid dienone is 2. The van der Waals surface area contributed by atoms with E-state index in [1.165, 1.54) is 24.3 Å². The van der Waals surface area contributed by atoms with E-state index < -0.39 is 20.6 Å². The van der Waals surface area contributed by atoms with E-state index >= 15 is 0 Å². The van der Waals surface area contributed by atoms with E-state index in [2.05, 4.69) is 4.72 Å². The van der Waals surface area contributed by atoms with E-state index in [-0.39, 0.29) is 10.8 Å². The molecule has 7 heteroatoms. The van der Waals surface area contributed by atoms with E-state index in [4.69, 9.17) is 0 Å². The van der Waals surface area contributed by atoms with Crippen molar-refractivity contribution in [2.75, 3.05) is 4.72 Å². The number of benzene rings is 2. The predicted octanol–water partition coefficient (Wildman–Crippen LogP) is 4.38. The molecular weight excluding hydrogens is 340 g/mol. The molecule has 0 spiro atoms. The van der Waals surface area contributed by atoms with Gasteiger partial charge in [0.05, 0.1) is 10.6 Å². The fraction of sp³-hybridized carbons (Fsp3) is 0.222. The van der Waals surface area contributed by atoms with Crippen LogP contribution in [0.4, 0.5) is 11.4 Å². The van der Waals surface area contributed by atoms with Crippen molar-refractivity contribution in [3.8, 4) is 0 Å². The van der Waals surface area contributed by atoms with Crippen molar-refractivity contribution in [1.82, 2.24) is 0 Å². The monoisotopic (exact) mass is 360 g/mol. The van der Waals surface area contributed by atoms with E-state index in [0.29, 0.717) is 5.69 Å². The molecule has 1 unspecified atom stereocenters. The van der Waals surface area contributed by atoms with Crippen molar-refractivity contribution in [3.63, 3.8) is 0 Å². The lowest BCUT2D eigenvalue weighted by Gasteiger charge is -2.16. The zero-order valence-electron chi connectivity index (χ0n) is 14.3. The van der Waals surface area contributed by atoms with Gasteiger partial charge in [-0.1, -0.05) is 48.9 Å². The SMILES string of the molecule is C/C=C/C(C)c1cc(C)ccc1NS(=O)(=O)c1ccccc1[N+](=O)[O-]. The summed E-state index contributed by atoms with van der Waals surface area (Å²) in [5.41, 5.74) is 1.76. The third kappa shape index (κ3) is 4.24. The van der Waals surface area contributed by atoms with Gasteiger partial charge in [0.1, 0.15) is 0 Å². The molecule has 0 aliphatic rings. The predicted molar refractivity (Wildman–Crippen MR) is 98.3 cm³/mol. The first-order valence-corrected chi connectivity index (χ1v) is 9.24. The van der Waals surface area contributed by atoms with Crippen molar-refractivity contribution in [2.24, 2.45) is 0 Å². The number of para-hydroxylation sites is 1. The molecule has 0 fully saturated rings. The minimum absolute atomic E-state index is 0.00615. The summed E-state index contributed by atoms with van der Waals surface area (Å²) in [4.78, 5) is 10.1. The van der Waals surface area contributed by atoms with E-state index in [1.807, 2.05) is 39.0 Å². The van der Waals surface area contributed by atoms with Gasteiger partial charge in [0.2, 0.25) is 0 Å². The summed E-state index contributed by atoms with van der Waals surface area (Å²) in [6.45, 7) is 5.77. The molecule has 1 N–H and O–H groups in total. The normalized spacial score (nSPS) is 12.9. The molecule has 6 nitrogen and oxygen atoms in total. The molecule has 25 heavy (non-hydrogen) atoms. The third-order valence-corrected chi connectivity index (χ3v) is 5.19. The number of sulfonamides is 1. The Morgan fingerprint density at radius 1 is 1.20 bits per heavy atom. The van der Waals surface area contributed by atoms with Crippen molar-refractivity contribution >= 4 is 21.4 Å². The summed E-state index contributed by atoms with van der Waals surface area (Å²) >= 11 is 0. The summed E-state index contributed by atoms with van der Waals surface area (Å²) in [5, 5.41) is 11.1. The van der Waals surface area contributed by atoms with Gasteiger partial charge in [-0.2, -0.15) is 0 Å². The van der Waals surface area contributed by atoms with Gasteiger partial charge in [-0.3, -0.25) is 14.8 Å². The summed E-state index contributed by atoms with van der Waals surface area (Å²) in [6, 6.07) is 10.7. The van der Waals surface area contributed by atoms with Gasteiger partial charge in [0, 0.05) is 12.0 Å². The Bertz CT molecular complexity index is 920. The second-order valence-electron chi connectivity index (χ2n) is 5.74. The lowest BCUT2D eigenvalue weighted by molar-refractivity contribution is -0.387. The molecule has 2 aromatic rings. The Labute approximate surface area is 147 Å². The lowest BCUT2D eigenvalue weighted by atomic mass is 9.97. The number of nitro benzene ring substituents is 1. The van der Waals surface area contributed by atoms with Gasteiger partial charge in [-0.15, -0.1) is 0 Å². The number of hydrogen-bond donors (Lipinski definition) is 1. The minimum Gasteiger partial charge on any atom is -0.279 e. The van der Waals surface area contributed by atoms with Crippen molar-refractivity contribution in [2.45, 2.75) is 31.6 Å². The maximum Gasteiger partial charge on any atom is 0.289 e. The first kappa shape index (κ1) is 18.7. The van der Waals surface area contributed by atoms with Crippen LogP contribution < -0.4 is 4.72 Å². The molecule has 0 aromatic heterocycles. The molecule has 1 atom stereocenters. The molecule has 132 valence electrons. The van der Waals surface area contributed by atoms with Crippen LogP contribution in [0.5, 0.6) is 0 Å². The highest BCUT2D eigenvalue weighted by molar-refractivity contribution is 7.92. The van der Waals surface area contributed by atoms with Gasteiger partial charge in [-0.25, -0.2) is 8.42 Å². The number of nitrogens with one attached hydrogen (secondary N) is 1. The van der Waals surface area contributed by atoms with Crippen LogP contribution >= 0.6 is 0 Å². The van der Waals surface area contributed by atoms with Crippen LogP contribution in [-0.4, -0.2) is 13.3 Å². The fourth-order valence-corrected chi connectivity index (χ4v) is 3.84. The summed E-state index contributed by atoms with van der Waals surface area (Å²) in [5.74, 6) is -0.00615. The topological polar surface area (TPSA) is 89.3 Å². The molecule has 0 bridgehead atoms. The van der Waals surface area contributed by atoms with Gasteiger partial charge in [0.25, 0.3) is 15.7 Å². The molecule has 0 heterocycles. The molecule has 2 rings (SSSR count). The maximum absolute atomic E-state index is 12.7. The number of hydrogen-bond acceptors (Lipinski definition) is 4. The molecule has 0 amide bonds. The van der Waals surface area contributed by atoms with Crippen LogP contribution in [0.1, 0.15) is 30.9 Å². The van der Waals surface area contributed by atoms with Crippen LogP contribution in [0.3, 0.4) is 0 Å². The molecular formula is C18H20N2O4S. The maximum atomic E-state index is 12.7. The molecule has 2 aromatic carbocycles. The number of anilines is 1. The van der Waals surface area contributed by atoms with E-state index in [0.717, 1.165) is 11.1 Å². The zero-order valence-corrected chi connectivity index (χ0v) is 15.1. The van der Waals surface area contributed by atoms with Crippen LogP contribution in [-0.2, 0) is 10.0 Å². The molecule has 0 aliphatic carbocycles. The number of aryl methyl sites for hydroxylation is 1. The highest BCUT2D eigenvalue weighted by atomic mass is 32.2. The zero-order chi connectivity index (χ0) is 18.6. The first-order chi connectivity index (χ1) is 11.8. The fourth-order valence-electron chi connectivity index (χ4n) is 2.58. The first-order valence-electron chi connectivity index (χ1n) is 7.76. The minimum atomic E-state index is -4.09. The van der Waals surface area contributed by atoms with E-state index in [1.54, 1.807) is 12.1 Å². The van der Waals surface area contributed by atoms with Crippen molar-refractivity contribution in [3.05, 3.63) is 75.9 Å². The van der Waals surface area contributed by atoms with Crippen LogP contribution in [0, 0.1) is 17.0 Å². The van der Waals surface area contributed by atoms with Crippen LogP contribution in [0.25, 0.3) is 0 Å². The highest BCUT2D eigenvalue weighted by Gasteiger charge is 2.26. The number of nitrogens with zero attached hydrogens (tertiary/aromatic N) is 1. The second kappa shape index (κ2) is 7.48. The highest BCUT2D eigenvalue weighted by Crippen LogP contribution is 2.30. The molecule has 0 saturated heterocycles. The van der Waals surface area contributed by atoms with Crippen LogP contribution in [0.2, 0.25) is 0 Å². The van der Waals surface area contributed by atoms with E-state index in [9.17, 15) is 18.5 Å². The van der Waals surface area contributed by atoms with Gasteiger partial charge >= 0.3 is 0 Å². The average Bonchev–Trinajstić information content (AvgIpc) is 2.56. The largest absolute Gasteiger partial charge is 0.289 e. The smallest absolute Gasteiger partial charge is 0.279 e. The number of rotatable bonds is 6. The Morgan fingerprint density at radius 2 is 1.88 bits per heavy atom. The molecule has 0 aliphatic heterocycles. The third-order valence-electron chi connectivity index (χ3n) is 3.77. The quantitative estimate of drug-likeness (QED) is 0.470. The summed E-state index contributed by atoms with van der Waals surface area (Å²) in [6.07, 6.45) is 3.85. The summed E-state index contributed by atoms with van der Waals surface area (Å²) in [7, 11) is -4.09. The van der Waals surface area contributed by atoms with Crippen LogP contribution in [0.15, 0.2) is 59.5 Å². The van der Waals surface area contributed by atoms with Gasteiger partial charge < -0.3 is 0 Å². The Morgan fingerprint density at radius 3 is 2.52 bits per heavy atom.